The van der Waals surface area contributed by atoms with E-state index < -0.39 is 0 Å². The third kappa shape index (κ3) is 3.88. The number of nitrogens with zero attached hydrogens (tertiary/aromatic N) is 1. The molecule has 26 heavy (non-hydrogen) atoms. The normalized spacial score (nSPS) is 13.9. The fraction of sp³-hybridized carbons (Fsp3) is 0.263. The van der Waals surface area contributed by atoms with Gasteiger partial charge in [0.05, 0.1) is 27.0 Å². The second-order valence-corrected chi connectivity index (χ2v) is 6.13. The number of benzene rings is 2. The first-order valence-corrected chi connectivity index (χ1v) is 8.58. The van der Waals surface area contributed by atoms with Gasteiger partial charge in [-0.3, -0.25) is 5.43 Å². The van der Waals surface area contributed by atoms with Crippen LogP contribution in [0.15, 0.2) is 41.5 Å². The lowest BCUT2D eigenvalue weighted by Gasteiger charge is -2.11. The van der Waals surface area contributed by atoms with Crippen molar-refractivity contribution < 1.29 is 14.2 Å². The van der Waals surface area contributed by atoms with E-state index in [4.69, 9.17) is 26.4 Å². The Morgan fingerprint density at radius 3 is 2.31 bits per heavy atom. The van der Waals surface area contributed by atoms with Crippen molar-refractivity contribution in [1.29, 1.82) is 0 Å². The average Bonchev–Trinajstić information content (AvgIpc) is 3.07. The largest absolute Gasteiger partial charge is 0.497 e. The molecule has 0 unspecified atom stereocenters. The summed E-state index contributed by atoms with van der Waals surface area (Å²) in [7, 11) is 4.90. The van der Waals surface area contributed by atoms with Crippen LogP contribution in [-0.4, -0.2) is 32.2 Å². The first-order valence-electron chi connectivity index (χ1n) is 8.17. The number of thiocarbonyl (C=S) groups is 1. The van der Waals surface area contributed by atoms with Gasteiger partial charge in [0.15, 0.2) is 16.6 Å². The maximum Gasteiger partial charge on any atom is 0.191 e. The first-order chi connectivity index (χ1) is 12.6. The molecule has 0 saturated heterocycles. The molecule has 0 fully saturated rings. The van der Waals surface area contributed by atoms with Gasteiger partial charge in [-0.2, -0.15) is 5.10 Å². The SMILES string of the molecule is COc1ccc(NC(=S)N/N=C2\CCc3cc(OC)c(OC)cc32)cc1. The van der Waals surface area contributed by atoms with Crippen LogP contribution in [-0.2, 0) is 6.42 Å². The van der Waals surface area contributed by atoms with E-state index in [-0.39, 0.29) is 0 Å². The molecule has 0 atom stereocenters. The summed E-state index contributed by atoms with van der Waals surface area (Å²) in [6.07, 6.45) is 1.75. The van der Waals surface area contributed by atoms with Gasteiger partial charge in [0.25, 0.3) is 0 Å². The molecule has 136 valence electrons. The minimum absolute atomic E-state index is 0.427. The number of hydrogen-bond acceptors (Lipinski definition) is 5. The van der Waals surface area contributed by atoms with Crippen LogP contribution in [0, 0.1) is 0 Å². The third-order valence-electron chi connectivity index (χ3n) is 4.19. The number of ether oxygens (including phenoxy) is 3. The number of fused-ring (bicyclic) bond motifs is 1. The van der Waals surface area contributed by atoms with Crippen LogP contribution in [0.3, 0.4) is 0 Å². The number of hydrogen-bond donors (Lipinski definition) is 2. The van der Waals surface area contributed by atoms with Crippen molar-refractivity contribution in [2.24, 2.45) is 5.10 Å². The molecule has 0 aliphatic heterocycles. The van der Waals surface area contributed by atoms with Gasteiger partial charge in [-0.05, 0) is 67.0 Å². The third-order valence-corrected chi connectivity index (χ3v) is 4.39. The van der Waals surface area contributed by atoms with Crippen molar-refractivity contribution >= 4 is 28.7 Å². The van der Waals surface area contributed by atoms with Crippen LogP contribution in [0.25, 0.3) is 0 Å². The maximum atomic E-state index is 5.38. The number of nitrogens with one attached hydrogen (secondary N) is 2. The summed E-state index contributed by atoms with van der Waals surface area (Å²) in [5.41, 5.74) is 6.97. The van der Waals surface area contributed by atoms with Crippen LogP contribution in [0.1, 0.15) is 17.5 Å². The van der Waals surface area contributed by atoms with Gasteiger partial charge in [0.1, 0.15) is 5.75 Å². The van der Waals surface area contributed by atoms with Crippen LogP contribution in [0.4, 0.5) is 5.69 Å². The summed E-state index contributed by atoms with van der Waals surface area (Å²) < 4.78 is 15.9. The topological polar surface area (TPSA) is 64.1 Å². The number of rotatable bonds is 5. The first kappa shape index (κ1) is 18.0. The summed E-state index contributed by atoms with van der Waals surface area (Å²) in [5, 5.41) is 7.99. The van der Waals surface area contributed by atoms with E-state index in [2.05, 4.69) is 15.8 Å². The van der Waals surface area contributed by atoms with Crippen LogP contribution in [0.2, 0.25) is 0 Å². The molecule has 0 radical (unpaired) electrons. The molecule has 0 amide bonds. The van der Waals surface area contributed by atoms with Crippen molar-refractivity contribution in [3.8, 4) is 17.2 Å². The monoisotopic (exact) mass is 371 g/mol. The summed E-state index contributed by atoms with van der Waals surface area (Å²) in [6, 6.07) is 11.5. The van der Waals surface area contributed by atoms with Crippen LogP contribution < -0.4 is 25.0 Å². The summed E-state index contributed by atoms with van der Waals surface area (Å²) in [4.78, 5) is 0. The van der Waals surface area contributed by atoms with E-state index >= 15 is 0 Å². The zero-order valence-corrected chi connectivity index (χ0v) is 15.8. The maximum absolute atomic E-state index is 5.38. The molecule has 1 aliphatic carbocycles. The molecule has 7 heteroatoms. The molecule has 0 saturated carbocycles. The Morgan fingerprint density at radius 2 is 1.65 bits per heavy atom. The van der Waals surface area contributed by atoms with Crippen LogP contribution >= 0.6 is 12.2 Å². The van der Waals surface area contributed by atoms with Gasteiger partial charge >= 0.3 is 0 Å². The van der Waals surface area contributed by atoms with Gasteiger partial charge in [0, 0.05) is 11.3 Å². The Morgan fingerprint density at radius 1 is 0.962 bits per heavy atom. The molecule has 0 bridgehead atoms. The second kappa shape index (κ2) is 8.05. The number of hydrazone groups is 1. The molecule has 2 aromatic carbocycles. The van der Waals surface area contributed by atoms with Crippen LogP contribution in [0.5, 0.6) is 17.2 Å². The molecule has 3 rings (SSSR count). The molecule has 0 spiro atoms. The van der Waals surface area contributed by atoms with E-state index in [0.29, 0.717) is 10.9 Å². The molecule has 2 N–H and O–H groups in total. The standard InChI is InChI=1S/C19H21N3O3S/c1-23-14-7-5-13(6-8-14)20-19(26)22-21-16-9-4-12-10-17(24-2)18(25-3)11-15(12)16/h5-8,10-11H,4,9H2,1-3H3,(H2,20,22,26)/b21-16+. The fourth-order valence-electron chi connectivity index (χ4n) is 2.85. The van der Waals surface area contributed by atoms with Crippen molar-refractivity contribution in [3.05, 3.63) is 47.5 Å². The molecule has 0 heterocycles. The highest BCUT2D eigenvalue weighted by atomic mass is 32.1. The Balaban J connectivity index is 1.69. The van der Waals surface area contributed by atoms with Crippen molar-refractivity contribution in [2.45, 2.75) is 12.8 Å². The zero-order chi connectivity index (χ0) is 18.5. The van der Waals surface area contributed by atoms with E-state index in [1.54, 1.807) is 21.3 Å². The zero-order valence-electron chi connectivity index (χ0n) is 15.0. The smallest absolute Gasteiger partial charge is 0.191 e. The number of anilines is 1. The molecular formula is C19H21N3O3S. The summed E-state index contributed by atoms with van der Waals surface area (Å²) in [5.74, 6) is 2.22. The molecule has 0 aromatic heterocycles. The lowest BCUT2D eigenvalue weighted by molar-refractivity contribution is 0.354. The number of methoxy groups -OCH3 is 3. The van der Waals surface area contributed by atoms with Crippen molar-refractivity contribution in [3.63, 3.8) is 0 Å². The quantitative estimate of drug-likeness (QED) is 0.621. The van der Waals surface area contributed by atoms with Gasteiger partial charge in [-0.15, -0.1) is 0 Å². The summed E-state index contributed by atoms with van der Waals surface area (Å²) in [6.45, 7) is 0. The molecule has 1 aliphatic rings. The second-order valence-electron chi connectivity index (χ2n) is 5.72. The number of aryl methyl sites for hydroxylation is 1. The average molecular weight is 371 g/mol. The minimum Gasteiger partial charge on any atom is -0.497 e. The minimum atomic E-state index is 0.427. The molecular weight excluding hydrogens is 350 g/mol. The van der Waals surface area contributed by atoms with Crippen molar-refractivity contribution in [1.82, 2.24) is 5.43 Å². The highest BCUT2D eigenvalue weighted by Gasteiger charge is 2.21. The van der Waals surface area contributed by atoms with E-state index in [9.17, 15) is 0 Å². The van der Waals surface area contributed by atoms with Gasteiger partial charge in [0.2, 0.25) is 0 Å². The Bertz CT molecular complexity index is 835. The fourth-order valence-corrected chi connectivity index (χ4v) is 3.02. The Kier molecular flexibility index (Phi) is 5.58. The lowest BCUT2D eigenvalue weighted by atomic mass is 10.1. The molecule has 6 nitrogen and oxygen atoms in total. The Labute approximate surface area is 158 Å². The van der Waals surface area contributed by atoms with Gasteiger partial charge in [-0.25, -0.2) is 0 Å². The highest BCUT2D eigenvalue weighted by molar-refractivity contribution is 7.80. The predicted molar refractivity (Wildman–Crippen MR) is 107 cm³/mol. The van der Waals surface area contributed by atoms with Crippen molar-refractivity contribution in [2.75, 3.05) is 26.6 Å². The van der Waals surface area contributed by atoms with Gasteiger partial charge in [-0.1, -0.05) is 0 Å². The highest BCUT2D eigenvalue weighted by Crippen LogP contribution is 2.34. The Hall–Kier alpha value is -2.80. The van der Waals surface area contributed by atoms with E-state index in [1.165, 1.54) is 5.56 Å². The van der Waals surface area contributed by atoms with E-state index in [0.717, 1.165) is 41.3 Å². The lowest BCUT2D eigenvalue weighted by Crippen LogP contribution is -2.25. The van der Waals surface area contributed by atoms with Gasteiger partial charge < -0.3 is 19.5 Å². The van der Waals surface area contributed by atoms with E-state index in [1.807, 2.05) is 36.4 Å². The predicted octanol–water partition coefficient (Wildman–Crippen LogP) is 3.35. The summed E-state index contributed by atoms with van der Waals surface area (Å²) >= 11 is 5.31. The molecule has 2 aromatic rings.